The number of hydrogen-bond donors (Lipinski definition) is 1. The van der Waals surface area contributed by atoms with Crippen LogP contribution in [0.4, 0.5) is 19.0 Å². The van der Waals surface area contributed by atoms with Gasteiger partial charge < -0.3 is 15.0 Å². The molecule has 3 unspecified atom stereocenters. The van der Waals surface area contributed by atoms with Crippen LogP contribution in [0, 0.1) is 29.3 Å². The van der Waals surface area contributed by atoms with E-state index in [9.17, 15) is 18.4 Å². The maximum atomic E-state index is 15.4. The van der Waals surface area contributed by atoms with Crippen LogP contribution in [0.5, 0.6) is 0 Å². The van der Waals surface area contributed by atoms with E-state index in [1.807, 2.05) is 11.9 Å². The molecule has 1 fully saturated rings. The van der Waals surface area contributed by atoms with Gasteiger partial charge in [0.05, 0.1) is 17.7 Å². The normalized spacial score (nSPS) is 21.1. The first-order valence-electron chi connectivity index (χ1n) is 11.8. The first-order valence-corrected chi connectivity index (χ1v) is 11.8. The van der Waals surface area contributed by atoms with Crippen molar-refractivity contribution in [2.75, 3.05) is 31.6 Å². The highest BCUT2D eigenvalue weighted by Crippen LogP contribution is 2.36. The summed E-state index contributed by atoms with van der Waals surface area (Å²) >= 11 is 0. The number of hydrogen-bond acceptors (Lipinski definition) is 6. The van der Waals surface area contributed by atoms with Gasteiger partial charge in [-0.15, -0.1) is 0 Å². The van der Waals surface area contributed by atoms with E-state index in [1.54, 1.807) is 6.92 Å². The number of allylic oxidation sites excluding steroid dienone is 1. The molecule has 0 saturated carbocycles. The van der Waals surface area contributed by atoms with Gasteiger partial charge in [-0.3, -0.25) is 9.36 Å². The Balaban J connectivity index is 1.69. The summed E-state index contributed by atoms with van der Waals surface area (Å²) in [5.41, 5.74) is -1.38. The molecular formula is C26H25F3N4O3. The summed E-state index contributed by atoms with van der Waals surface area (Å²) in [6, 6.07) is 4.07. The average molecular weight is 499 g/mol. The SMILES string of the molecule is CCOC(=O)c1cn(-c2ccc(F)cc2F)c2nc(N3CC4CC=CC(NC)C4C3)c(F)cc2c1=O. The van der Waals surface area contributed by atoms with Crippen molar-refractivity contribution in [1.82, 2.24) is 14.9 Å². The fourth-order valence-corrected chi connectivity index (χ4v) is 5.23. The van der Waals surface area contributed by atoms with Crippen LogP contribution in [0.3, 0.4) is 0 Å². The maximum absolute atomic E-state index is 15.4. The number of carbonyl (C=O) groups excluding carboxylic acids is 1. The Hall–Kier alpha value is -3.66. The lowest BCUT2D eigenvalue weighted by Crippen LogP contribution is -2.38. The van der Waals surface area contributed by atoms with Gasteiger partial charge >= 0.3 is 5.97 Å². The molecule has 3 heterocycles. The van der Waals surface area contributed by atoms with Crippen LogP contribution in [0.2, 0.25) is 0 Å². The van der Waals surface area contributed by atoms with Gasteiger partial charge in [0.25, 0.3) is 0 Å². The molecule has 0 spiro atoms. The van der Waals surface area contributed by atoms with E-state index in [1.165, 1.54) is 10.6 Å². The molecule has 1 N–H and O–H groups in total. The molecule has 0 amide bonds. The number of halogens is 3. The van der Waals surface area contributed by atoms with Crippen LogP contribution in [0.25, 0.3) is 16.7 Å². The monoisotopic (exact) mass is 498 g/mol. The van der Waals surface area contributed by atoms with Crippen molar-refractivity contribution < 1.29 is 22.7 Å². The molecule has 1 aliphatic heterocycles. The zero-order valence-corrected chi connectivity index (χ0v) is 19.8. The number of aromatic nitrogens is 2. The fraction of sp³-hybridized carbons (Fsp3) is 0.346. The van der Waals surface area contributed by atoms with Gasteiger partial charge in [0.2, 0.25) is 5.43 Å². The number of fused-ring (bicyclic) bond motifs is 2. The Kier molecular flexibility index (Phi) is 6.29. The summed E-state index contributed by atoms with van der Waals surface area (Å²) in [6.45, 7) is 2.70. The van der Waals surface area contributed by atoms with Crippen LogP contribution in [0.15, 0.2) is 47.4 Å². The molecule has 1 aliphatic carbocycles. The number of likely N-dealkylation sites (N-methyl/N-ethyl adjacent to an activating group) is 1. The number of anilines is 1. The van der Waals surface area contributed by atoms with E-state index in [0.717, 1.165) is 24.8 Å². The number of nitrogens with one attached hydrogen (secondary N) is 1. The molecular weight excluding hydrogens is 473 g/mol. The molecule has 5 rings (SSSR count). The smallest absolute Gasteiger partial charge is 0.343 e. The van der Waals surface area contributed by atoms with Gasteiger partial charge in [-0.05, 0) is 44.5 Å². The summed E-state index contributed by atoms with van der Waals surface area (Å²) in [5, 5.41) is 3.07. The Labute approximate surface area is 205 Å². The minimum absolute atomic E-state index is 0.00648. The summed E-state index contributed by atoms with van der Waals surface area (Å²) in [4.78, 5) is 31.9. The number of benzene rings is 1. The van der Waals surface area contributed by atoms with Crippen LogP contribution in [0.1, 0.15) is 23.7 Å². The third kappa shape index (κ3) is 4.05. The van der Waals surface area contributed by atoms with Crippen molar-refractivity contribution in [2.24, 2.45) is 11.8 Å². The zero-order valence-electron chi connectivity index (χ0n) is 19.8. The van der Waals surface area contributed by atoms with E-state index < -0.39 is 34.4 Å². The van der Waals surface area contributed by atoms with Crippen molar-refractivity contribution in [2.45, 2.75) is 19.4 Å². The fourth-order valence-electron chi connectivity index (χ4n) is 5.23. The summed E-state index contributed by atoms with van der Waals surface area (Å²) in [6.07, 6.45) is 6.20. The third-order valence-corrected chi connectivity index (χ3v) is 6.95. The second kappa shape index (κ2) is 9.42. The predicted octanol–water partition coefficient (Wildman–Crippen LogP) is 3.58. The van der Waals surface area contributed by atoms with Crippen molar-refractivity contribution >= 4 is 22.8 Å². The molecule has 2 aromatic heterocycles. The van der Waals surface area contributed by atoms with E-state index in [-0.39, 0.29) is 41.1 Å². The molecule has 0 bridgehead atoms. The van der Waals surface area contributed by atoms with Gasteiger partial charge in [0, 0.05) is 37.3 Å². The second-order valence-corrected chi connectivity index (χ2v) is 9.03. The number of ether oxygens (including phenoxy) is 1. The van der Waals surface area contributed by atoms with E-state index in [0.29, 0.717) is 25.1 Å². The highest BCUT2D eigenvalue weighted by molar-refractivity contribution is 5.94. The lowest BCUT2D eigenvalue weighted by atomic mass is 9.82. The molecule has 2 aliphatic rings. The van der Waals surface area contributed by atoms with Crippen LogP contribution >= 0.6 is 0 Å². The van der Waals surface area contributed by atoms with Gasteiger partial charge in [-0.25, -0.2) is 22.9 Å². The predicted molar refractivity (Wildman–Crippen MR) is 129 cm³/mol. The Bertz CT molecular complexity index is 1440. The van der Waals surface area contributed by atoms with Gasteiger partial charge in [0.1, 0.15) is 17.2 Å². The van der Waals surface area contributed by atoms with E-state index >= 15 is 4.39 Å². The summed E-state index contributed by atoms with van der Waals surface area (Å²) < 4.78 is 50.0. The number of carbonyl (C=O) groups is 1. The molecule has 10 heteroatoms. The lowest BCUT2D eigenvalue weighted by Gasteiger charge is -2.28. The molecule has 7 nitrogen and oxygen atoms in total. The number of nitrogens with zero attached hydrogens (tertiary/aromatic N) is 3. The third-order valence-electron chi connectivity index (χ3n) is 6.95. The van der Waals surface area contributed by atoms with Crippen molar-refractivity contribution in [3.8, 4) is 5.69 Å². The maximum Gasteiger partial charge on any atom is 0.343 e. The van der Waals surface area contributed by atoms with Gasteiger partial charge in [-0.1, -0.05) is 12.2 Å². The standard InChI is InChI=1S/C26H25F3N4O3/c1-3-36-26(35)18-13-33(22-8-7-15(27)9-19(22)28)24-16(23(18)34)10-20(29)25(31-24)32-11-14-5-4-6-21(30-2)17(14)12-32/h4,6-10,13-14,17,21,30H,3,5,11-12H2,1-2H3. The molecule has 1 saturated heterocycles. The lowest BCUT2D eigenvalue weighted by molar-refractivity contribution is 0.0524. The molecule has 3 aromatic rings. The number of rotatable bonds is 5. The number of esters is 1. The quantitative estimate of drug-likeness (QED) is 0.428. The minimum atomic E-state index is -0.933. The minimum Gasteiger partial charge on any atom is -0.462 e. The summed E-state index contributed by atoms with van der Waals surface area (Å²) in [7, 11) is 1.88. The van der Waals surface area contributed by atoms with E-state index in [4.69, 9.17) is 4.74 Å². The Morgan fingerprint density at radius 3 is 2.72 bits per heavy atom. The average Bonchev–Trinajstić information content (AvgIpc) is 3.29. The molecule has 3 atom stereocenters. The van der Waals surface area contributed by atoms with E-state index in [2.05, 4.69) is 22.5 Å². The molecule has 188 valence electrons. The van der Waals surface area contributed by atoms with Crippen molar-refractivity contribution in [3.05, 3.63) is 75.9 Å². The summed E-state index contributed by atoms with van der Waals surface area (Å²) in [5.74, 6) is -2.80. The Morgan fingerprint density at radius 2 is 2.00 bits per heavy atom. The van der Waals surface area contributed by atoms with Crippen molar-refractivity contribution in [3.63, 3.8) is 0 Å². The first-order chi connectivity index (χ1) is 17.3. The van der Waals surface area contributed by atoms with Crippen LogP contribution < -0.4 is 15.6 Å². The largest absolute Gasteiger partial charge is 0.462 e. The molecule has 0 radical (unpaired) electrons. The topological polar surface area (TPSA) is 76.5 Å². The van der Waals surface area contributed by atoms with Crippen LogP contribution in [-0.4, -0.2) is 48.3 Å². The first kappa shape index (κ1) is 24.1. The van der Waals surface area contributed by atoms with Gasteiger partial charge in [0.15, 0.2) is 17.3 Å². The molecule has 1 aromatic carbocycles. The Morgan fingerprint density at radius 1 is 1.19 bits per heavy atom. The molecule has 36 heavy (non-hydrogen) atoms. The van der Waals surface area contributed by atoms with Crippen molar-refractivity contribution in [1.29, 1.82) is 0 Å². The highest BCUT2D eigenvalue weighted by atomic mass is 19.1. The second-order valence-electron chi connectivity index (χ2n) is 9.03. The number of pyridine rings is 2. The highest BCUT2D eigenvalue weighted by Gasteiger charge is 2.39. The zero-order chi connectivity index (χ0) is 25.6. The van der Waals surface area contributed by atoms with Gasteiger partial charge in [-0.2, -0.15) is 0 Å². The van der Waals surface area contributed by atoms with Crippen LogP contribution in [-0.2, 0) is 4.74 Å².